The molecule has 0 saturated heterocycles. The largest absolute Gasteiger partial charge is 0.466 e. The van der Waals surface area contributed by atoms with Crippen LogP contribution < -0.4 is 5.32 Å². The van der Waals surface area contributed by atoms with Crippen molar-refractivity contribution in [2.45, 2.75) is 25.8 Å². The number of imidazole rings is 1. The maximum atomic E-state index is 12.1. The van der Waals surface area contributed by atoms with Gasteiger partial charge in [-0.2, -0.15) is 0 Å². The summed E-state index contributed by atoms with van der Waals surface area (Å²) in [6.45, 7) is 3.47. The first kappa shape index (κ1) is 13.3. The van der Waals surface area contributed by atoms with Gasteiger partial charge in [0.15, 0.2) is 0 Å². The maximum absolute atomic E-state index is 12.1. The van der Waals surface area contributed by atoms with Gasteiger partial charge >= 0.3 is 5.97 Å². The smallest absolute Gasteiger partial charge is 0.309 e. The van der Waals surface area contributed by atoms with Gasteiger partial charge in [0.05, 0.1) is 29.1 Å². The molecule has 0 bridgehead atoms. The fourth-order valence-corrected chi connectivity index (χ4v) is 3.26. The molecule has 1 amide bonds. The number of carbonyl (C=O) groups excluding carboxylic acids is 2. The number of hydrogen-bond acceptors (Lipinski definition) is 4. The number of hydrogen-bond donors (Lipinski definition) is 1. The molecule has 0 spiro atoms. The van der Waals surface area contributed by atoms with Crippen molar-refractivity contribution in [1.82, 2.24) is 14.9 Å². The highest BCUT2D eigenvalue weighted by atomic mass is 16.5. The number of nitrogens with zero attached hydrogens (tertiary/aromatic N) is 2. The zero-order valence-corrected chi connectivity index (χ0v) is 12.3. The molecule has 2 aromatic rings. The quantitative estimate of drug-likeness (QED) is 0.871. The van der Waals surface area contributed by atoms with Gasteiger partial charge < -0.3 is 14.6 Å². The number of carbonyl (C=O) groups is 2. The fourth-order valence-electron chi connectivity index (χ4n) is 3.26. The first-order valence-electron chi connectivity index (χ1n) is 7.64. The van der Waals surface area contributed by atoms with Gasteiger partial charge in [0.1, 0.15) is 5.82 Å². The molecule has 6 nitrogen and oxygen atoms in total. The minimum Gasteiger partial charge on any atom is -0.466 e. The zero-order valence-electron chi connectivity index (χ0n) is 12.3. The molecule has 2 heterocycles. The highest BCUT2D eigenvalue weighted by Gasteiger charge is 2.48. The standard InChI is InChI=1S/C16H17N3O3/c1-2-22-16(21)11-8-10(11)14-18-12-5-3-4-9-13(12)19(14)7-6-17-15(9)20/h3-5,10-11H,2,6-8H2,1H3,(H,17,20). The molecule has 1 aromatic heterocycles. The topological polar surface area (TPSA) is 73.2 Å². The van der Waals surface area contributed by atoms with Gasteiger partial charge in [-0.1, -0.05) is 6.07 Å². The second kappa shape index (κ2) is 4.83. The number of amides is 1. The molecule has 2 unspecified atom stereocenters. The van der Waals surface area contributed by atoms with E-state index in [1.807, 2.05) is 25.1 Å². The van der Waals surface area contributed by atoms with Crippen molar-refractivity contribution in [2.24, 2.45) is 5.92 Å². The Kier molecular flexibility index (Phi) is 2.92. The highest BCUT2D eigenvalue weighted by Crippen LogP contribution is 2.48. The van der Waals surface area contributed by atoms with Crippen molar-refractivity contribution in [3.8, 4) is 0 Å². The Morgan fingerprint density at radius 3 is 3.18 bits per heavy atom. The second-order valence-electron chi connectivity index (χ2n) is 5.75. The number of esters is 1. The van der Waals surface area contributed by atoms with E-state index in [1.54, 1.807) is 0 Å². The van der Waals surface area contributed by atoms with E-state index < -0.39 is 0 Å². The number of para-hydroxylation sites is 1. The van der Waals surface area contributed by atoms with E-state index in [2.05, 4.69) is 9.88 Å². The molecular weight excluding hydrogens is 282 g/mol. The number of benzene rings is 1. The predicted molar refractivity (Wildman–Crippen MR) is 79.5 cm³/mol. The van der Waals surface area contributed by atoms with E-state index in [4.69, 9.17) is 9.72 Å². The highest BCUT2D eigenvalue weighted by molar-refractivity contribution is 6.05. The van der Waals surface area contributed by atoms with Crippen LogP contribution in [-0.4, -0.2) is 34.6 Å². The van der Waals surface area contributed by atoms with E-state index >= 15 is 0 Å². The molecule has 4 rings (SSSR count). The molecule has 1 N–H and O–H groups in total. The van der Waals surface area contributed by atoms with Crippen molar-refractivity contribution in [2.75, 3.05) is 13.2 Å². The van der Waals surface area contributed by atoms with Crippen LogP contribution >= 0.6 is 0 Å². The van der Waals surface area contributed by atoms with Crippen LogP contribution in [0.15, 0.2) is 18.2 Å². The summed E-state index contributed by atoms with van der Waals surface area (Å²) in [5.74, 6) is 0.705. The summed E-state index contributed by atoms with van der Waals surface area (Å²) < 4.78 is 7.19. The Balaban J connectivity index is 1.77. The lowest BCUT2D eigenvalue weighted by Crippen LogP contribution is -2.24. The van der Waals surface area contributed by atoms with Crippen LogP contribution in [0.2, 0.25) is 0 Å². The average molecular weight is 299 g/mol. The Morgan fingerprint density at radius 1 is 1.50 bits per heavy atom. The van der Waals surface area contributed by atoms with Gasteiger partial charge in [0.25, 0.3) is 5.91 Å². The summed E-state index contributed by atoms with van der Waals surface area (Å²) >= 11 is 0. The molecule has 114 valence electrons. The van der Waals surface area contributed by atoms with Crippen molar-refractivity contribution in [3.63, 3.8) is 0 Å². The van der Waals surface area contributed by atoms with Crippen LogP contribution in [0.1, 0.15) is 35.4 Å². The Hall–Kier alpha value is -2.37. The Labute approximate surface area is 127 Å². The number of nitrogens with one attached hydrogen (secondary N) is 1. The molecule has 1 aliphatic heterocycles. The molecule has 1 fully saturated rings. The zero-order chi connectivity index (χ0) is 15.3. The third-order valence-corrected chi connectivity index (χ3v) is 4.37. The van der Waals surface area contributed by atoms with Gasteiger partial charge in [-0.25, -0.2) is 4.98 Å². The first-order valence-corrected chi connectivity index (χ1v) is 7.64. The molecule has 2 aliphatic rings. The third kappa shape index (κ3) is 1.90. The lowest BCUT2D eigenvalue weighted by Gasteiger charge is -2.06. The third-order valence-electron chi connectivity index (χ3n) is 4.37. The van der Waals surface area contributed by atoms with Crippen LogP contribution in [0.3, 0.4) is 0 Å². The van der Waals surface area contributed by atoms with E-state index in [1.165, 1.54) is 0 Å². The summed E-state index contributed by atoms with van der Waals surface area (Å²) in [6, 6.07) is 5.58. The van der Waals surface area contributed by atoms with Crippen LogP contribution in [0.4, 0.5) is 0 Å². The lowest BCUT2D eigenvalue weighted by atomic mass is 10.2. The van der Waals surface area contributed by atoms with Gasteiger partial charge in [-0.05, 0) is 25.5 Å². The molecule has 1 saturated carbocycles. The minimum absolute atomic E-state index is 0.0615. The van der Waals surface area contributed by atoms with Crippen LogP contribution in [0.5, 0.6) is 0 Å². The van der Waals surface area contributed by atoms with E-state index in [9.17, 15) is 9.59 Å². The van der Waals surface area contributed by atoms with Gasteiger partial charge in [0.2, 0.25) is 0 Å². The molecular formula is C16H17N3O3. The van der Waals surface area contributed by atoms with Crippen molar-refractivity contribution >= 4 is 22.9 Å². The molecule has 2 atom stereocenters. The van der Waals surface area contributed by atoms with Crippen molar-refractivity contribution in [1.29, 1.82) is 0 Å². The predicted octanol–water partition coefficient (Wildman–Crippen LogP) is 1.45. The SMILES string of the molecule is CCOC(=O)C1CC1c1nc2cccc3c2n1CCNC3=O. The van der Waals surface area contributed by atoms with E-state index in [-0.39, 0.29) is 23.7 Å². The Morgan fingerprint density at radius 2 is 2.36 bits per heavy atom. The molecule has 22 heavy (non-hydrogen) atoms. The van der Waals surface area contributed by atoms with E-state index in [0.717, 1.165) is 23.3 Å². The van der Waals surface area contributed by atoms with Crippen LogP contribution in [0, 0.1) is 5.92 Å². The second-order valence-corrected chi connectivity index (χ2v) is 5.75. The van der Waals surface area contributed by atoms with Gasteiger partial charge in [-0.15, -0.1) is 0 Å². The van der Waals surface area contributed by atoms with Gasteiger partial charge in [0, 0.05) is 19.0 Å². The van der Waals surface area contributed by atoms with Crippen LogP contribution in [0.25, 0.3) is 11.0 Å². The summed E-state index contributed by atoms with van der Waals surface area (Å²) in [5, 5.41) is 2.90. The van der Waals surface area contributed by atoms with Crippen LogP contribution in [-0.2, 0) is 16.1 Å². The summed E-state index contributed by atoms with van der Waals surface area (Å²) in [5.41, 5.74) is 2.35. The fraction of sp³-hybridized carbons (Fsp3) is 0.438. The number of aromatic nitrogens is 2. The molecule has 0 radical (unpaired) electrons. The normalized spacial score (nSPS) is 23.0. The number of ether oxygens (including phenoxy) is 1. The minimum atomic E-state index is -0.143. The monoisotopic (exact) mass is 299 g/mol. The molecule has 6 heteroatoms. The first-order chi connectivity index (χ1) is 10.7. The van der Waals surface area contributed by atoms with Crippen molar-refractivity contribution in [3.05, 3.63) is 29.6 Å². The lowest BCUT2D eigenvalue weighted by molar-refractivity contribution is -0.144. The van der Waals surface area contributed by atoms with E-state index in [0.29, 0.717) is 25.3 Å². The number of rotatable bonds is 3. The molecule has 1 aliphatic carbocycles. The van der Waals surface area contributed by atoms with Gasteiger partial charge in [-0.3, -0.25) is 9.59 Å². The summed E-state index contributed by atoms with van der Waals surface area (Å²) in [6.07, 6.45) is 0.777. The summed E-state index contributed by atoms with van der Waals surface area (Å²) in [7, 11) is 0. The Bertz CT molecular complexity index is 780. The summed E-state index contributed by atoms with van der Waals surface area (Å²) in [4.78, 5) is 28.7. The average Bonchev–Trinajstić information content (AvgIpc) is 3.25. The maximum Gasteiger partial charge on any atom is 0.309 e. The van der Waals surface area contributed by atoms with Crippen molar-refractivity contribution < 1.29 is 14.3 Å². The molecule has 1 aromatic carbocycles.